The minimum absolute atomic E-state index is 0.222. The fraction of sp³-hybridized carbons (Fsp3) is 0.667. The van der Waals surface area contributed by atoms with Crippen molar-refractivity contribution in [2.45, 2.75) is 51.7 Å². The molecule has 0 aliphatic carbocycles. The number of morpholine rings is 1. The van der Waals surface area contributed by atoms with Gasteiger partial charge in [0.2, 0.25) is 0 Å². The summed E-state index contributed by atoms with van der Waals surface area (Å²) < 4.78 is 5.41. The highest BCUT2D eigenvalue weighted by Gasteiger charge is 2.35. The van der Waals surface area contributed by atoms with E-state index in [0.29, 0.717) is 12.3 Å². The van der Waals surface area contributed by atoms with E-state index in [-0.39, 0.29) is 11.6 Å². The maximum Gasteiger partial charge on any atom is 0.0758 e. The van der Waals surface area contributed by atoms with Crippen molar-refractivity contribution in [2.24, 2.45) is 0 Å². The molecule has 1 aromatic carbocycles. The number of hydrogen-bond acceptors (Lipinski definition) is 3. The Bertz CT molecular complexity index is 433. The maximum atomic E-state index is 10.7. The van der Waals surface area contributed by atoms with E-state index < -0.39 is 0 Å². The predicted molar refractivity (Wildman–Crippen MR) is 86.7 cm³/mol. The van der Waals surface area contributed by atoms with Crippen LogP contribution in [-0.2, 0) is 11.2 Å². The van der Waals surface area contributed by atoms with Crippen LogP contribution in [-0.4, -0.2) is 48.0 Å². The quantitative estimate of drug-likeness (QED) is 0.905. The van der Waals surface area contributed by atoms with Crippen molar-refractivity contribution in [1.82, 2.24) is 4.90 Å². The van der Waals surface area contributed by atoms with Crippen LogP contribution in [0.4, 0.5) is 0 Å². The van der Waals surface area contributed by atoms with Gasteiger partial charge in [-0.05, 0) is 30.9 Å². The normalized spacial score (nSPS) is 19.0. The predicted octanol–water partition coefficient (Wildman–Crippen LogP) is 2.82. The zero-order valence-corrected chi connectivity index (χ0v) is 13.8. The number of rotatable bonds is 5. The summed E-state index contributed by atoms with van der Waals surface area (Å²) in [6.07, 6.45) is 0.323. The molecule has 0 radical (unpaired) electrons. The zero-order valence-electron chi connectivity index (χ0n) is 13.8. The molecule has 0 aromatic heterocycles. The van der Waals surface area contributed by atoms with Gasteiger partial charge in [-0.1, -0.05) is 38.1 Å². The summed E-state index contributed by atoms with van der Waals surface area (Å²) in [7, 11) is 0. The second kappa shape index (κ2) is 6.91. The molecule has 118 valence electrons. The molecule has 21 heavy (non-hydrogen) atoms. The Labute approximate surface area is 128 Å². The number of nitrogens with zero attached hydrogens (tertiary/aromatic N) is 1. The van der Waals surface area contributed by atoms with Crippen LogP contribution in [0.2, 0.25) is 0 Å². The Morgan fingerprint density at radius 3 is 2.24 bits per heavy atom. The molecular weight excluding hydrogens is 262 g/mol. The fourth-order valence-corrected chi connectivity index (χ4v) is 2.86. The SMILES string of the molecule is CC(C)c1ccc(CC(O)C(C)(C)N2CCOCC2)cc1. The van der Waals surface area contributed by atoms with Crippen LogP contribution in [0.1, 0.15) is 44.7 Å². The summed E-state index contributed by atoms with van der Waals surface area (Å²) in [4.78, 5) is 2.34. The van der Waals surface area contributed by atoms with Crippen LogP contribution in [0.25, 0.3) is 0 Å². The van der Waals surface area contributed by atoms with Crippen molar-refractivity contribution in [3.8, 4) is 0 Å². The average Bonchev–Trinajstić information content (AvgIpc) is 2.48. The average molecular weight is 291 g/mol. The molecule has 2 rings (SSSR count). The molecule has 1 aromatic rings. The van der Waals surface area contributed by atoms with Gasteiger partial charge in [-0.25, -0.2) is 0 Å². The first-order chi connectivity index (χ1) is 9.91. The first-order valence-corrected chi connectivity index (χ1v) is 8.01. The van der Waals surface area contributed by atoms with E-state index in [0.717, 1.165) is 26.3 Å². The monoisotopic (exact) mass is 291 g/mol. The van der Waals surface area contributed by atoms with Gasteiger partial charge in [-0.3, -0.25) is 4.90 Å². The van der Waals surface area contributed by atoms with Crippen LogP contribution in [0.3, 0.4) is 0 Å². The van der Waals surface area contributed by atoms with E-state index in [4.69, 9.17) is 4.74 Å². The number of hydrogen-bond donors (Lipinski definition) is 1. The molecule has 3 nitrogen and oxygen atoms in total. The molecule has 1 atom stereocenters. The summed E-state index contributed by atoms with van der Waals surface area (Å²) in [5.41, 5.74) is 2.33. The van der Waals surface area contributed by atoms with Crippen molar-refractivity contribution >= 4 is 0 Å². The first-order valence-electron chi connectivity index (χ1n) is 8.01. The molecule has 1 aliphatic heterocycles. The molecule has 3 heteroatoms. The van der Waals surface area contributed by atoms with Crippen molar-refractivity contribution in [3.63, 3.8) is 0 Å². The lowest BCUT2D eigenvalue weighted by atomic mass is 9.89. The van der Waals surface area contributed by atoms with Crippen molar-refractivity contribution < 1.29 is 9.84 Å². The third-order valence-electron chi connectivity index (χ3n) is 4.72. The van der Waals surface area contributed by atoms with Gasteiger partial charge in [0.1, 0.15) is 0 Å². The number of benzene rings is 1. The number of aliphatic hydroxyl groups is 1. The molecule has 1 heterocycles. The van der Waals surface area contributed by atoms with Gasteiger partial charge >= 0.3 is 0 Å². The molecule has 0 amide bonds. The molecule has 1 fully saturated rings. The Hall–Kier alpha value is -0.900. The van der Waals surface area contributed by atoms with E-state index in [1.54, 1.807) is 0 Å². The zero-order chi connectivity index (χ0) is 15.5. The fourth-order valence-electron chi connectivity index (χ4n) is 2.86. The summed E-state index contributed by atoms with van der Waals surface area (Å²) in [6, 6.07) is 8.64. The second-order valence-electron chi connectivity index (χ2n) is 6.87. The van der Waals surface area contributed by atoms with Gasteiger partial charge in [0, 0.05) is 25.0 Å². The largest absolute Gasteiger partial charge is 0.391 e. The Kier molecular flexibility index (Phi) is 5.42. The van der Waals surface area contributed by atoms with Gasteiger partial charge in [-0.15, -0.1) is 0 Å². The van der Waals surface area contributed by atoms with Crippen LogP contribution in [0.15, 0.2) is 24.3 Å². The van der Waals surface area contributed by atoms with Gasteiger partial charge in [0.05, 0.1) is 19.3 Å². The van der Waals surface area contributed by atoms with Crippen LogP contribution < -0.4 is 0 Å². The third kappa shape index (κ3) is 4.06. The molecule has 0 spiro atoms. The smallest absolute Gasteiger partial charge is 0.0758 e. The summed E-state index contributed by atoms with van der Waals surface area (Å²) in [6.45, 7) is 12.0. The van der Waals surface area contributed by atoms with E-state index in [1.807, 2.05) is 0 Å². The highest BCUT2D eigenvalue weighted by molar-refractivity contribution is 5.25. The van der Waals surface area contributed by atoms with Crippen molar-refractivity contribution in [2.75, 3.05) is 26.3 Å². The summed E-state index contributed by atoms with van der Waals surface area (Å²) in [5.74, 6) is 0.550. The van der Waals surface area contributed by atoms with E-state index in [2.05, 4.69) is 56.9 Å². The van der Waals surface area contributed by atoms with Gasteiger partial charge in [0.15, 0.2) is 0 Å². The molecule has 0 bridgehead atoms. The molecule has 0 saturated carbocycles. The highest BCUT2D eigenvalue weighted by Crippen LogP contribution is 2.24. The van der Waals surface area contributed by atoms with Gasteiger partial charge in [-0.2, -0.15) is 0 Å². The van der Waals surface area contributed by atoms with Crippen LogP contribution in [0.5, 0.6) is 0 Å². The van der Waals surface area contributed by atoms with Gasteiger partial charge in [0.25, 0.3) is 0 Å². The molecule has 1 saturated heterocycles. The standard InChI is InChI=1S/C18H29NO2/c1-14(2)16-7-5-15(6-8-16)13-17(20)18(3,4)19-9-11-21-12-10-19/h5-8,14,17,20H,9-13H2,1-4H3. The van der Waals surface area contributed by atoms with E-state index in [1.165, 1.54) is 11.1 Å². The topological polar surface area (TPSA) is 32.7 Å². The molecular formula is C18H29NO2. The summed E-state index contributed by atoms with van der Waals surface area (Å²) >= 11 is 0. The second-order valence-corrected chi connectivity index (χ2v) is 6.87. The first kappa shape index (κ1) is 16.5. The number of ether oxygens (including phenoxy) is 1. The lowest BCUT2D eigenvalue weighted by molar-refractivity contribution is -0.0612. The third-order valence-corrected chi connectivity index (χ3v) is 4.72. The van der Waals surface area contributed by atoms with Crippen molar-refractivity contribution in [3.05, 3.63) is 35.4 Å². The molecule has 1 unspecified atom stereocenters. The molecule has 1 N–H and O–H groups in total. The Morgan fingerprint density at radius 2 is 1.71 bits per heavy atom. The Balaban J connectivity index is 2.00. The van der Waals surface area contributed by atoms with Crippen molar-refractivity contribution in [1.29, 1.82) is 0 Å². The lowest BCUT2D eigenvalue weighted by Gasteiger charge is -2.43. The molecule has 1 aliphatic rings. The van der Waals surface area contributed by atoms with E-state index in [9.17, 15) is 5.11 Å². The van der Waals surface area contributed by atoms with Gasteiger partial charge < -0.3 is 9.84 Å². The minimum Gasteiger partial charge on any atom is -0.391 e. The highest BCUT2D eigenvalue weighted by atomic mass is 16.5. The van der Waals surface area contributed by atoms with Crippen LogP contribution in [0, 0.1) is 0 Å². The number of aliphatic hydroxyl groups excluding tert-OH is 1. The summed E-state index contributed by atoms with van der Waals surface area (Å²) in [5, 5.41) is 10.7. The Morgan fingerprint density at radius 1 is 1.14 bits per heavy atom. The minimum atomic E-state index is -0.375. The lowest BCUT2D eigenvalue weighted by Crippen LogP contribution is -2.56. The maximum absolute atomic E-state index is 10.7. The van der Waals surface area contributed by atoms with Crippen LogP contribution >= 0.6 is 0 Å². The van der Waals surface area contributed by atoms with E-state index >= 15 is 0 Å².